The Labute approximate surface area is 154 Å². The summed E-state index contributed by atoms with van der Waals surface area (Å²) in [6.07, 6.45) is -3.50. The smallest absolute Gasteiger partial charge is 0.407 e. The summed E-state index contributed by atoms with van der Waals surface area (Å²) in [6, 6.07) is 12.8. The second-order valence-corrected chi connectivity index (χ2v) is 5.90. The molecule has 1 amide bonds. The number of aromatic carboxylic acids is 1. The summed E-state index contributed by atoms with van der Waals surface area (Å²) in [7, 11) is 0. The van der Waals surface area contributed by atoms with Crippen molar-refractivity contribution in [2.75, 3.05) is 6.54 Å². The molecule has 0 heterocycles. The van der Waals surface area contributed by atoms with E-state index in [9.17, 15) is 19.8 Å². The maximum atomic E-state index is 11.6. The molecule has 2 aromatic rings. The first-order valence-corrected chi connectivity index (χ1v) is 8.09. The van der Waals surface area contributed by atoms with Crippen LogP contribution in [-0.2, 0) is 11.3 Å². The summed E-state index contributed by atoms with van der Waals surface area (Å²) in [5.41, 5.74) is 0.931. The number of hydrogen-bond donors (Lipinski definition) is 4. The lowest BCUT2D eigenvalue weighted by molar-refractivity contribution is 0.0184. The van der Waals surface area contributed by atoms with E-state index in [1.54, 1.807) is 12.1 Å². The molecule has 0 fully saturated rings. The molecule has 2 aromatic carbocycles. The number of carboxylic acid groups (broad SMARTS) is 1. The molecule has 0 aliphatic carbocycles. The van der Waals surface area contributed by atoms with Crippen molar-refractivity contribution < 1.29 is 29.6 Å². The molecule has 0 aliphatic heterocycles. The Hall–Kier alpha value is -2.61. The van der Waals surface area contributed by atoms with Gasteiger partial charge in [-0.05, 0) is 17.7 Å². The van der Waals surface area contributed by atoms with E-state index in [0.717, 1.165) is 5.56 Å². The Morgan fingerprint density at radius 2 is 1.81 bits per heavy atom. The minimum Gasteiger partial charge on any atom is -0.478 e. The molecule has 138 valence electrons. The van der Waals surface area contributed by atoms with Crippen LogP contribution in [0.4, 0.5) is 4.79 Å². The molecule has 2 unspecified atom stereocenters. The molecule has 0 spiro atoms. The van der Waals surface area contributed by atoms with Crippen molar-refractivity contribution in [3.05, 3.63) is 70.2 Å². The van der Waals surface area contributed by atoms with Gasteiger partial charge < -0.3 is 25.4 Å². The maximum Gasteiger partial charge on any atom is 0.407 e. The molecule has 26 heavy (non-hydrogen) atoms. The number of carbonyl (C=O) groups is 2. The number of aliphatic hydroxyl groups excluding tert-OH is 2. The van der Waals surface area contributed by atoms with Crippen molar-refractivity contribution in [3.8, 4) is 0 Å². The van der Waals surface area contributed by atoms with Gasteiger partial charge in [-0.25, -0.2) is 9.59 Å². The monoisotopic (exact) mass is 379 g/mol. The highest BCUT2D eigenvalue weighted by molar-refractivity contribution is 6.31. The van der Waals surface area contributed by atoms with Crippen molar-refractivity contribution in [2.24, 2.45) is 0 Å². The van der Waals surface area contributed by atoms with Gasteiger partial charge in [0.2, 0.25) is 0 Å². The summed E-state index contributed by atoms with van der Waals surface area (Å²) in [6.45, 7) is -0.195. The predicted octanol–water partition coefficient (Wildman–Crippen LogP) is 2.36. The molecule has 7 nitrogen and oxygen atoms in total. The van der Waals surface area contributed by atoms with Gasteiger partial charge in [0.15, 0.2) is 0 Å². The molecule has 0 aromatic heterocycles. The molecule has 0 aliphatic rings. The summed E-state index contributed by atoms with van der Waals surface area (Å²) in [4.78, 5) is 22.5. The van der Waals surface area contributed by atoms with Crippen molar-refractivity contribution in [2.45, 2.75) is 18.8 Å². The van der Waals surface area contributed by atoms with Crippen LogP contribution < -0.4 is 5.32 Å². The van der Waals surface area contributed by atoms with E-state index in [1.807, 2.05) is 18.2 Å². The van der Waals surface area contributed by atoms with Gasteiger partial charge in [0.05, 0.1) is 5.56 Å². The fourth-order valence-corrected chi connectivity index (χ4v) is 2.47. The number of hydrogen-bond acceptors (Lipinski definition) is 5. The number of aliphatic hydroxyl groups is 2. The van der Waals surface area contributed by atoms with Crippen LogP contribution in [0.3, 0.4) is 0 Å². The lowest BCUT2D eigenvalue weighted by atomic mass is 10.0. The first kappa shape index (κ1) is 19.7. The SMILES string of the molecule is O=C(NCC(O)C(O)c1ccc(C(=O)O)cc1Cl)OCc1ccccc1. The molecule has 8 heteroatoms. The van der Waals surface area contributed by atoms with E-state index in [-0.39, 0.29) is 29.3 Å². The summed E-state index contributed by atoms with van der Waals surface area (Å²) >= 11 is 5.95. The third-order valence-corrected chi connectivity index (χ3v) is 3.93. The molecule has 0 bridgehead atoms. The summed E-state index contributed by atoms with van der Waals surface area (Å²) in [5.74, 6) is -1.16. The number of benzene rings is 2. The highest BCUT2D eigenvalue weighted by Crippen LogP contribution is 2.26. The zero-order valence-electron chi connectivity index (χ0n) is 13.6. The number of amides is 1. The molecule has 0 saturated heterocycles. The second-order valence-electron chi connectivity index (χ2n) is 5.50. The normalized spacial score (nSPS) is 12.9. The number of ether oxygens (including phenoxy) is 1. The Morgan fingerprint density at radius 3 is 2.42 bits per heavy atom. The first-order valence-electron chi connectivity index (χ1n) is 7.72. The van der Waals surface area contributed by atoms with Crippen LogP contribution in [0.1, 0.15) is 27.6 Å². The zero-order chi connectivity index (χ0) is 19.1. The molecule has 2 rings (SSSR count). The Kier molecular flexibility index (Phi) is 6.97. The lowest BCUT2D eigenvalue weighted by Gasteiger charge is -2.19. The van der Waals surface area contributed by atoms with Gasteiger partial charge in [-0.2, -0.15) is 0 Å². The lowest BCUT2D eigenvalue weighted by Crippen LogP contribution is -2.35. The minimum absolute atomic E-state index is 0.00287. The molecule has 4 N–H and O–H groups in total. The van der Waals surface area contributed by atoms with Gasteiger partial charge in [0, 0.05) is 17.1 Å². The van der Waals surface area contributed by atoms with Gasteiger partial charge in [0.1, 0.15) is 18.8 Å². The van der Waals surface area contributed by atoms with Gasteiger partial charge in [-0.15, -0.1) is 0 Å². The van der Waals surface area contributed by atoms with Crippen molar-refractivity contribution in [1.82, 2.24) is 5.32 Å². The number of nitrogens with one attached hydrogen (secondary N) is 1. The Balaban J connectivity index is 1.85. The van der Waals surface area contributed by atoms with E-state index in [1.165, 1.54) is 18.2 Å². The fraction of sp³-hybridized carbons (Fsp3) is 0.222. The third-order valence-electron chi connectivity index (χ3n) is 3.60. The average Bonchev–Trinajstić information content (AvgIpc) is 2.64. The van der Waals surface area contributed by atoms with E-state index in [4.69, 9.17) is 21.4 Å². The summed E-state index contributed by atoms with van der Waals surface area (Å²) < 4.78 is 5.00. The van der Waals surface area contributed by atoms with Crippen LogP contribution >= 0.6 is 11.6 Å². The highest BCUT2D eigenvalue weighted by Gasteiger charge is 2.22. The largest absolute Gasteiger partial charge is 0.478 e. The second kappa shape index (κ2) is 9.19. The standard InChI is InChI=1S/C18H18ClNO6/c19-14-8-12(17(23)24)6-7-13(14)16(22)15(21)9-20-18(25)26-10-11-4-2-1-3-5-11/h1-8,15-16,21-22H,9-10H2,(H,20,25)(H,23,24). The number of rotatable bonds is 7. The topological polar surface area (TPSA) is 116 Å². The molecule has 0 saturated carbocycles. The first-order chi connectivity index (χ1) is 12.4. The van der Waals surface area contributed by atoms with Crippen molar-refractivity contribution in [3.63, 3.8) is 0 Å². The number of halogens is 1. The van der Waals surface area contributed by atoms with Gasteiger partial charge in [-0.3, -0.25) is 0 Å². The van der Waals surface area contributed by atoms with Crippen molar-refractivity contribution >= 4 is 23.7 Å². The third kappa shape index (κ3) is 5.45. The summed E-state index contributed by atoms with van der Waals surface area (Å²) in [5, 5.41) is 31.4. The van der Waals surface area contributed by atoms with Gasteiger partial charge in [-0.1, -0.05) is 48.0 Å². The molecule has 0 radical (unpaired) electrons. The van der Waals surface area contributed by atoms with E-state index in [0.29, 0.717) is 0 Å². The average molecular weight is 380 g/mol. The van der Waals surface area contributed by atoms with E-state index < -0.39 is 24.3 Å². The van der Waals surface area contributed by atoms with E-state index in [2.05, 4.69) is 5.32 Å². The van der Waals surface area contributed by atoms with Crippen molar-refractivity contribution in [1.29, 1.82) is 0 Å². The van der Waals surface area contributed by atoms with Crippen LogP contribution in [0, 0.1) is 0 Å². The molecular formula is C18H18ClNO6. The highest BCUT2D eigenvalue weighted by atomic mass is 35.5. The fourth-order valence-electron chi connectivity index (χ4n) is 2.18. The van der Waals surface area contributed by atoms with Gasteiger partial charge in [0.25, 0.3) is 0 Å². The van der Waals surface area contributed by atoms with E-state index >= 15 is 0 Å². The predicted molar refractivity (Wildman–Crippen MR) is 94.0 cm³/mol. The molecule has 2 atom stereocenters. The molecular weight excluding hydrogens is 362 g/mol. The van der Waals surface area contributed by atoms with Crippen LogP contribution in [0.5, 0.6) is 0 Å². The zero-order valence-corrected chi connectivity index (χ0v) is 14.4. The Morgan fingerprint density at radius 1 is 1.12 bits per heavy atom. The van der Waals surface area contributed by atoms with Crippen LogP contribution in [-0.4, -0.2) is 40.0 Å². The number of alkyl carbamates (subject to hydrolysis) is 1. The van der Waals surface area contributed by atoms with Gasteiger partial charge >= 0.3 is 12.1 Å². The van der Waals surface area contributed by atoms with Crippen LogP contribution in [0.15, 0.2) is 48.5 Å². The Bertz CT molecular complexity index is 768. The van der Waals surface area contributed by atoms with Crippen LogP contribution in [0.2, 0.25) is 5.02 Å². The number of carboxylic acids is 1. The quantitative estimate of drug-likeness (QED) is 0.587. The van der Waals surface area contributed by atoms with Crippen LogP contribution in [0.25, 0.3) is 0 Å². The minimum atomic E-state index is -1.40. The maximum absolute atomic E-state index is 11.6. The number of carbonyl (C=O) groups excluding carboxylic acids is 1.